The molecule has 2 aromatic rings. The van der Waals surface area contributed by atoms with E-state index in [9.17, 15) is 5.11 Å². The van der Waals surface area contributed by atoms with Gasteiger partial charge in [-0.2, -0.15) is 0 Å². The lowest BCUT2D eigenvalue weighted by atomic mass is 9.72. The third-order valence-electron chi connectivity index (χ3n) is 5.47. The Morgan fingerprint density at radius 2 is 1.80 bits per heavy atom. The van der Waals surface area contributed by atoms with E-state index in [1.807, 2.05) is 19.1 Å². The molecule has 0 aliphatic heterocycles. The molecular formula is C22H28ClNO. The molecule has 0 spiro atoms. The number of rotatable bonds is 6. The molecule has 2 aromatic carbocycles. The minimum absolute atomic E-state index is 0.0903. The number of aryl methyl sites for hydroxylation is 1. The molecule has 3 heteroatoms. The first-order valence-corrected chi connectivity index (χ1v) is 9.69. The predicted octanol–water partition coefficient (Wildman–Crippen LogP) is 5.22. The number of nitrogens with one attached hydrogen (secondary N) is 1. The first-order chi connectivity index (χ1) is 12.1. The number of aliphatic hydroxyl groups is 1. The monoisotopic (exact) mass is 357 g/mol. The summed E-state index contributed by atoms with van der Waals surface area (Å²) in [6, 6.07) is 16.6. The summed E-state index contributed by atoms with van der Waals surface area (Å²) in [5.41, 5.74) is 2.91. The van der Waals surface area contributed by atoms with Crippen LogP contribution < -0.4 is 5.32 Å². The van der Waals surface area contributed by atoms with Gasteiger partial charge in [-0.1, -0.05) is 73.3 Å². The molecule has 0 bridgehead atoms. The molecule has 2 nitrogen and oxygen atoms in total. The zero-order valence-corrected chi connectivity index (χ0v) is 15.7. The summed E-state index contributed by atoms with van der Waals surface area (Å²) in [4.78, 5) is 0. The van der Waals surface area contributed by atoms with Crippen LogP contribution in [-0.2, 0) is 6.54 Å². The summed E-state index contributed by atoms with van der Waals surface area (Å²) in [5.74, 6) is 0.0903. The quantitative estimate of drug-likeness (QED) is 0.743. The predicted molar refractivity (Wildman–Crippen MR) is 105 cm³/mol. The molecular weight excluding hydrogens is 330 g/mol. The van der Waals surface area contributed by atoms with Crippen LogP contribution in [0.5, 0.6) is 0 Å². The van der Waals surface area contributed by atoms with Gasteiger partial charge in [0.2, 0.25) is 0 Å². The summed E-state index contributed by atoms with van der Waals surface area (Å²) in [6.07, 6.45) is 5.21. The van der Waals surface area contributed by atoms with Crippen LogP contribution in [-0.4, -0.2) is 17.3 Å². The van der Waals surface area contributed by atoms with E-state index in [0.29, 0.717) is 0 Å². The van der Waals surface area contributed by atoms with E-state index >= 15 is 0 Å². The van der Waals surface area contributed by atoms with E-state index in [0.717, 1.165) is 49.4 Å². The molecule has 3 rings (SSSR count). The largest absolute Gasteiger partial charge is 0.389 e. The lowest BCUT2D eigenvalue weighted by Gasteiger charge is -2.40. The van der Waals surface area contributed by atoms with E-state index in [1.54, 1.807) is 0 Å². The van der Waals surface area contributed by atoms with Crippen LogP contribution in [0.25, 0.3) is 0 Å². The average Bonchev–Trinajstić information content (AvgIpc) is 2.63. The molecule has 1 saturated carbocycles. The first kappa shape index (κ1) is 18.4. The zero-order valence-electron chi connectivity index (χ0n) is 15.0. The Morgan fingerprint density at radius 3 is 2.48 bits per heavy atom. The molecule has 0 heterocycles. The Bertz CT molecular complexity index is 680. The molecule has 0 saturated heterocycles. The lowest BCUT2D eigenvalue weighted by molar-refractivity contribution is -0.0216. The maximum atomic E-state index is 11.4. The van der Waals surface area contributed by atoms with E-state index in [1.165, 1.54) is 17.5 Å². The van der Waals surface area contributed by atoms with Crippen molar-refractivity contribution in [1.29, 1.82) is 0 Å². The number of hydrogen-bond acceptors (Lipinski definition) is 2. The van der Waals surface area contributed by atoms with Gasteiger partial charge in [0.15, 0.2) is 0 Å². The summed E-state index contributed by atoms with van der Waals surface area (Å²) in [6.45, 7) is 3.62. The fourth-order valence-electron chi connectivity index (χ4n) is 3.97. The second kappa shape index (κ2) is 8.35. The van der Waals surface area contributed by atoms with E-state index in [4.69, 9.17) is 11.6 Å². The highest BCUT2D eigenvalue weighted by atomic mass is 35.5. The molecule has 25 heavy (non-hydrogen) atoms. The number of hydrogen-bond donors (Lipinski definition) is 2. The average molecular weight is 358 g/mol. The Morgan fingerprint density at radius 1 is 1.08 bits per heavy atom. The van der Waals surface area contributed by atoms with Crippen molar-refractivity contribution in [3.8, 4) is 0 Å². The van der Waals surface area contributed by atoms with Crippen LogP contribution in [0.1, 0.15) is 54.7 Å². The van der Waals surface area contributed by atoms with Gasteiger partial charge >= 0.3 is 0 Å². The first-order valence-electron chi connectivity index (χ1n) is 9.31. The summed E-state index contributed by atoms with van der Waals surface area (Å²) in [5, 5.41) is 15.7. The maximum Gasteiger partial charge on any atom is 0.0728 e. The molecule has 1 aliphatic carbocycles. The van der Waals surface area contributed by atoms with Gasteiger partial charge in [-0.25, -0.2) is 0 Å². The SMILES string of the molecule is Cc1cc(C(CNCc2ccccc2)C2(O)CCCCC2)ccc1Cl. The van der Waals surface area contributed by atoms with Crippen LogP contribution in [0.3, 0.4) is 0 Å². The molecule has 0 amide bonds. The smallest absolute Gasteiger partial charge is 0.0728 e. The van der Waals surface area contributed by atoms with E-state index in [-0.39, 0.29) is 5.92 Å². The minimum Gasteiger partial charge on any atom is -0.389 e. The molecule has 1 unspecified atom stereocenters. The Kier molecular flexibility index (Phi) is 6.16. The third-order valence-corrected chi connectivity index (χ3v) is 5.90. The normalized spacial score (nSPS) is 18.0. The van der Waals surface area contributed by atoms with Gasteiger partial charge in [0.05, 0.1) is 5.60 Å². The molecule has 1 atom stereocenters. The van der Waals surface area contributed by atoms with Crippen LogP contribution >= 0.6 is 11.6 Å². The standard InChI is InChI=1S/C22H28ClNO/c1-17-14-19(10-11-21(17)23)20(22(25)12-6-3-7-13-22)16-24-15-18-8-4-2-5-9-18/h2,4-5,8-11,14,20,24-25H,3,6-7,12-13,15-16H2,1H3. The molecule has 134 valence electrons. The van der Waals surface area contributed by atoms with Gasteiger partial charge in [-0.15, -0.1) is 0 Å². The van der Waals surface area contributed by atoms with Crippen LogP contribution in [0, 0.1) is 6.92 Å². The summed E-state index contributed by atoms with van der Waals surface area (Å²) < 4.78 is 0. The zero-order chi connectivity index (χ0) is 17.7. The van der Waals surface area contributed by atoms with Crippen molar-refractivity contribution >= 4 is 11.6 Å². The van der Waals surface area contributed by atoms with Crippen molar-refractivity contribution in [2.24, 2.45) is 0 Å². The van der Waals surface area contributed by atoms with Crippen molar-refractivity contribution < 1.29 is 5.11 Å². The molecule has 0 radical (unpaired) electrons. The second-order valence-electron chi connectivity index (χ2n) is 7.34. The fourth-order valence-corrected chi connectivity index (χ4v) is 4.09. The van der Waals surface area contributed by atoms with E-state index in [2.05, 4.69) is 41.7 Å². The van der Waals surface area contributed by atoms with Crippen molar-refractivity contribution in [2.45, 2.75) is 57.1 Å². The highest BCUT2D eigenvalue weighted by molar-refractivity contribution is 6.31. The number of halogens is 1. The minimum atomic E-state index is -0.623. The topological polar surface area (TPSA) is 32.3 Å². The van der Waals surface area contributed by atoms with Gasteiger partial charge in [0, 0.05) is 24.0 Å². The Hall–Kier alpha value is -1.35. The van der Waals surface area contributed by atoms with E-state index < -0.39 is 5.60 Å². The van der Waals surface area contributed by atoms with Crippen molar-refractivity contribution in [3.05, 3.63) is 70.2 Å². The van der Waals surface area contributed by atoms with Crippen LogP contribution in [0.15, 0.2) is 48.5 Å². The molecule has 0 aromatic heterocycles. The van der Waals surface area contributed by atoms with Crippen molar-refractivity contribution in [2.75, 3.05) is 6.54 Å². The van der Waals surface area contributed by atoms with Gasteiger partial charge < -0.3 is 10.4 Å². The molecule has 1 aliphatic rings. The second-order valence-corrected chi connectivity index (χ2v) is 7.75. The van der Waals surface area contributed by atoms with Gasteiger partial charge in [-0.05, 0) is 42.5 Å². The Balaban J connectivity index is 1.77. The van der Waals surface area contributed by atoms with Crippen LogP contribution in [0.2, 0.25) is 5.02 Å². The molecule has 2 N–H and O–H groups in total. The van der Waals surface area contributed by atoms with Crippen molar-refractivity contribution in [3.63, 3.8) is 0 Å². The fraction of sp³-hybridized carbons (Fsp3) is 0.455. The summed E-state index contributed by atoms with van der Waals surface area (Å²) in [7, 11) is 0. The highest BCUT2D eigenvalue weighted by Gasteiger charge is 2.38. The number of benzene rings is 2. The molecule has 1 fully saturated rings. The third kappa shape index (κ3) is 4.63. The van der Waals surface area contributed by atoms with Gasteiger partial charge in [0.1, 0.15) is 0 Å². The van der Waals surface area contributed by atoms with Gasteiger partial charge in [-0.3, -0.25) is 0 Å². The summed E-state index contributed by atoms with van der Waals surface area (Å²) >= 11 is 6.21. The highest BCUT2D eigenvalue weighted by Crippen LogP contribution is 2.40. The lowest BCUT2D eigenvalue weighted by Crippen LogP contribution is -2.43. The van der Waals surface area contributed by atoms with Crippen molar-refractivity contribution in [1.82, 2.24) is 5.32 Å². The maximum absolute atomic E-state index is 11.4. The van der Waals surface area contributed by atoms with Gasteiger partial charge in [0.25, 0.3) is 0 Å². The Labute approximate surface area is 156 Å². The van der Waals surface area contributed by atoms with Crippen LogP contribution in [0.4, 0.5) is 0 Å².